The number of thiol groups is 1. The van der Waals surface area contributed by atoms with Gasteiger partial charge in [0.25, 0.3) is 0 Å². The van der Waals surface area contributed by atoms with E-state index in [0.717, 1.165) is 12.5 Å². The minimum Gasteiger partial charge on any atom is -0.320 e. The van der Waals surface area contributed by atoms with E-state index < -0.39 is 0 Å². The molecule has 0 radical (unpaired) electrons. The lowest BCUT2D eigenvalue weighted by molar-refractivity contribution is 0.166. The van der Waals surface area contributed by atoms with E-state index in [1.165, 1.54) is 38.9 Å². The van der Waals surface area contributed by atoms with Crippen LogP contribution in [0.1, 0.15) is 33.1 Å². The molecule has 0 saturated carbocycles. The molecule has 1 aliphatic heterocycles. The molecule has 1 N–H and O–H groups in total. The van der Waals surface area contributed by atoms with Crippen LogP contribution in [0.4, 0.5) is 0 Å². The van der Waals surface area contributed by atoms with E-state index >= 15 is 0 Å². The summed E-state index contributed by atoms with van der Waals surface area (Å²) < 4.78 is 0.205. The molecule has 0 unspecified atom stereocenters. The summed E-state index contributed by atoms with van der Waals surface area (Å²) in [5, 5.41) is 3.20. The minimum absolute atomic E-state index is 0.205. The van der Waals surface area contributed by atoms with E-state index in [1.807, 2.05) is 7.05 Å². The molecule has 0 amide bonds. The van der Waals surface area contributed by atoms with Gasteiger partial charge in [-0.05, 0) is 58.4 Å². The van der Waals surface area contributed by atoms with Crippen LogP contribution in [-0.2, 0) is 0 Å². The summed E-state index contributed by atoms with van der Waals surface area (Å²) in [4.78, 5) is 2.59. The van der Waals surface area contributed by atoms with Gasteiger partial charge in [0.15, 0.2) is 0 Å². The summed E-state index contributed by atoms with van der Waals surface area (Å²) in [5.74, 6) is 0.793. The highest BCUT2D eigenvalue weighted by Crippen LogP contribution is 2.32. The molecule has 1 fully saturated rings. The molecule has 0 aromatic rings. The van der Waals surface area contributed by atoms with Crippen molar-refractivity contribution in [3.8, 4) is 0 Å². The summed E-state index contributed by atoms with van der Waals surface area (Å²) in [5.41, 5.74) is 0. The molecule has 0 aliphatic carbocycles. The Balaban J connectivity index is 2.18. The Kier molecular flexibility index (Phi) is 5.44. The number of hydrogen-bond donors (Lipinski definition) is 2. The summed E-state index contributed by atoms with van der Waals surface area (Å²) in [6.45, 7) is 9.41. The molecule has 0 spiro atoms. The molecule has 0 aromatic heterocycles. The molecule has 0 atom stereocenters. The van der Waals surface area contributed by atoms with Crippen LogP contribution in [0.5, 0.6) is 0 Å². The molecule has 1 heterocycles. The van der Waals surface area contributed by atoms with E-state index in [4.69, 9.17) is 0 Å². The number of nitrogens with one attached hydrogen (secondary N) is 1. The van der Waals surface area contributed by atoms with Gasteiger partial charge in [-0.2, -0.15) is 12.6 Å². The highest BCUT2D eigenvalue weighted by atomic mass is 32.1. The molecule has 0 aromatic carbocycles. The summed E-state index contributed by atoms with van der Waals surface area (Å²) in [6.07, 6.45) is 3.90. The first-order valence-electron chi connectivity index (χ1n) is 6.13. The predicted molar refractivity (Wildman–Crippen MR) is 70.8 cm³/mol. The highest BCUT2D eigenvalue weighted by Gasteiger charge is 2.29. The standard InChI is InChI=1S/C12H26N2S/c1-12(2,15)11-5-9-14(10-6-11)8-4-7-13-3/h11,13,15H,4-10H2,1-3H3. The van der Waals surface area contributed by atoms with Crippen molar-refractivity contribution in [2.45, 2.75) is 37.9 Å². The molecule has 3 heteroatoms. The topological polar surface area (TPSA) is 15.3 Å². The average molecular weight is 230 g/mol. The van der Waals surface area contributed by atoms with Crippen molar-refractivity contribution in [1.29, 1.82) is 0 Å². The van der Waals surface area contributed by atoms with Gasteiger partial charge < -0.3 is 10.2 Å². The normalized spacial score (nSPS) is 20.8. The number of likely N-dealkylation sites (tertiary alicyclic amines) is 1. The molecule has 1 aliphatic rings. The quantitative estimate of drug-likeness (QED) is 0.555. The van der Waals surface area contributed by atoms with Gasteiger partial charge >= 0.3 is 0 Å². The van der Waals surface area contributed by atoms with Crippen molar-refractivity contribution < 1.29 is 0 Å². The second-order valence-corrected chi connectivity index (χ2v) is 6.38. The molecule has 1 saturated heterocycles. The van der Waals surface area contributed by atoms with Crippen LogP contribution in [0.3, 0.4) is 0 Å². The van der Waals surface area contributed by atoms with E-state index in [0.29, 0.717) is 0 Å². The Labute approximate surface area is 100 Å². The Bertz CT molecular complexity index is 169. The van der Waals surface area contributed by atoms with Gasteiger partial charge in [0.1, 0.15) is 0 Å². The van der Waals surface area contributed by atoms with Gasteiger partial charge in [-0.3, -0.25) is 0 Å². The Morgan fingerprint density at radius 1 is 1.33 bits per heavy atom. The van der Waals surface area contributed by atoms with Gasteiger partial charge in [0.2, 0.25) is 0 Å². The molecular weight excluding hydrogens is 204 g/mol. The fourth-order valence-electron chi connectivity index (χ4n) is 2.34. The van der Waals surface area contributed by atoms with Crippen molar-refractivity contribution in [2.24, 2.45) is 5.92 Å². The first-order chi connectivity index (χ1) is 7.04. The van der Waals surface area contributed by atoms with Crippen molar-refractivity contribution in [3.05, 3.63) is 0 Å². The molecular formula is C12H26N2S. The Morgan fingerprint density at radius 3 is 2.40 bits per heavy atom. The monoisotopic (exact) mass is 230 g/mol. The fraction of sp³-hybridized carbons (Fsp3) is 1.00. The second-order valence-electron chi connectivity index (χ2n) is 5.23. The zero-order valence-corrected chi connectivity index (χ0v) is 11.3. The SMILES string of the molecule is CNCCCN1CCC(C(C)(C)S)CC1. The van der Waals surface area contributed by atoms with Crippen LogP contribution in [-0.4, -0.2) is 42.9 Å². The molecule has 0 bridgehead atoms. The van der Waals surface area contributed by atoms with Gasteiger partial charge in [-0.25, -0.2) is 0 Å². The van der Waals surface area contributed by atoms with Gasteiger partial charge in [0.05, 0.1) is 0 Å². The highest BCUT2D eigenvalue weighted by molar-refractivity contribution is 7.81. The van der Waals surface area contributed by atoms with Crippen LogP contribution in [0.25, 0.3) is 0 Å². The zero-order chi connectivity index (χ0) is 11.3. The Morgan fingerprint density at radius 2 is 1.93 bits per heavy atom. The lowest BCUT2D eigenvalue weighted by Crippen LogP contribution is -2.40. The third-order valence-corrected chi connectivity index (χ3v) is 3.85. The lowest BCUT2D eigenvalue weighted by Gasteiger charge is -2.38. The smallest absolute Gasteiger partial charge is 0.0102 e. The maximum Gasteiger partial charge on any atom is 0.0102 e. The predicted octanol–water partition coefficient (Wildman–Crippen LogP) is 2.02. The summed E-state index contributed by atoms with van der Waals surface area (Å²) in [6, 6.07) is 0. The van der Waals surface area contributed by atoms with Crippen LogP contribution >= 0.6 is 12.6 Å². The van der Waals surface area contributed by atoms with E-state index in [9.17, 15) is 0 Å². The Hall–Kier alpha value is 0.270. The van der Waals surface area contributed by atoms with Crippen molar-refractivity contribution in [2.75, 3.05) is 33.2 Å². The number of hydrogen-bond acceptors (Lipinski definition) is 3. The van der Waals surface area contributed by atoms with Crippen LogP contribution in [0.15, 0.2) is 0 Å². The third-order valence-electron chi connectivity index (χ3n) is 3.49. The van der Waals surface area contributed by atoms with Crippen LogP contribution < -0.4 is 5.32 Å². The minimum atomic E-state index is 0.205. The second kappa shape index (κ2) is 6.12. The molecule has 1 rings (SSSR count). The number of rotatable bonds is 5. The van der Waals surface area contributed by atoms with E-state index in [2.05, 4.69) is 36.7 Å². The first-order valence-corrected chi connectivity index (χ1v) is 6.58. The van der Waals surface area contributed by atoms with E-state index in [1.54, 1.807) is 0 Å². The zero-order valence-electron chi connectivity index (χ0n) is 10.4. The summed E-state index contributed by atoms with van der Waals surface area (Å²) >= 11 is 4.68. The van der Waals surface area contributed by atoms with Crippen molar-refractivity contribution >= 4 is 12.6 Å². The summed E-state index contributed by atoms with van der Waals surface area (Å²) in [7, 11) is 2.02. The van der Waals surface area contributed by atoms with Gasteiger partial charge in [-0.1, -0.05) is 13.8 Å². The molecule has 15 heavy (non-hydrogen) atoms. The van der Waals surface area contributed by atoms with Gasteiger partial charge in [0, 0.05) is 4.75 Å². The maximum atomic E-state index is 4.68. The number of nitrogens with zero attached hydrogens (tertiary/aromatic N) is 1. The van der Waals surface area contributed by atoms with Gasteiger partial charge in [-0.15, -0.1) is 0 Å². The first kappa shape index (κ1) is 13.3. The van der Waals surface area contributed by atoms with E-state index in [-0.39, 0.29) is 4.75 Å². The third kappa shape index (κ3) is 4.75. The number of piperidine rings is 1. The van der Waals surface area contributed by atoms with Crippen LogP contribution in [0.2, 0.25) is 0 Å². The lowest BCUT2D eigenvalue weighted by atomic mass is 9.86. The fourth-order valence-corrected chi connectivity index (χ4v) is 2.60. The van der Waals surface area contributed by atoms with Crippen LogP contribution in [0, 0.1) is 5.92 Å². The maximum absolute atomic E-state index is 4.68. The van der Waals surface area contributed by atoms with Crippen molar-refractivity contribution in [3.63, 3.8) is 0 Å². The average Bonchev–Trinajstić information content (AvgIpc) is 2.18. The van der Waals surface area contributed by atoms with Crippen molar-refractivity contribution in [1.82, 2.24) is 10.2 Å². The largest absolute Gasteiger partial charge is 0.320 e. The molecule has 90 valence electrons. The molecule has 2 nitrogen and oxygen atoms in total.